The van der Waals surface area contributed by atoms with Gasteiger partial charge in [-0.15, -0.1) is 0 Å². The Kier molecular flexibility index (Phi) is 6.37. The fraction of sp³-hybridized carbons (Fsp3) is 0.741. The van der Waals surface area contributed by atoms with Crippen LogP contribution >= 0.6 is 0 Å². The third-order valence-corrected chi connectivity index (χ3v) is 8.35. The molecule has 0 bridgehead atoms. The Morgan fingerprint density at radius 1 is 1.07 bits per heavy atom. The minimum atomic E-state index is -0.0170. The number of fused-ring (bicyclic) bond motifs is 5. The number of carbonyl (C=O) groups excluding carboxylic acids is 1. The first kappa shape index (κ1) is 20.9. The number of hydrogen-bond acceptors (Lipinski definition) is 2. The molecule has 0 N–H and O–H groups in total. The molecule has 4 rings (SSSR count). The maximum Gasteiger partial charge on any atom is 0.139 e. The Balaban J connectivity index is 1.31. The van der Waals surface area contributed by atoms with E-state index in [9.17, 15) is 4.79 Å². The highest BCUT2D eigenvalue weighted by Gasteiger charge is 2.54. The van der Waals surface area contributed by atoms with Gasteiger partial charge in [0.15, 0.2) is 0 Å². The molecule has 0 aromatic heterocycles. The Bertz CT molecular complexity index is 721. The van der Waals surface area contributed by atoms with E-state index in [1.165, 1.54) is 44.1 Å². The number of unbranched alkanes of at least 4 members (excludes halogenated alkanes) is 3. The summed E-state index contributed by atoms with van der Waals surface area (Å²) in [6.07, 6.45) is 13.1. The molecule has 3 aliphatic rings. The van der Waals surface area contributed by atoms with Crippen molar-refractivity contribution in [2.24, 2.45) is 23.2 Å². The topological polar surface area (TPSA) is 26.3 Å². The van der Waals surface area contributed by atoms with E-state index < -0.39 is 0 Å². The Morgan fingerprint density at radius 3 is 2.72 bits per heavy atom. The fourth-order valence-electron chi connectivity index (χ4n) is 6.62. The van der Waals surface area contributed by atoms with Crippen LogP contribution in [0.1, 0.15) is 102 Å². The van der Waals surface area contributed by atoms with Crippen molar-refractivity contribution < 1.29 is 9.53 Å². The van der Waals surface area contributed by atoms with Crippen molar-refractivity contribution in [2.45, 2.75) is 97.3 Å². The lowest BCUT2D eigenvalue weighted by Crippen LogP contribution is -2.42. The van der Waals surface area contributed by atoms with Crippen molar-refractivity contribution in [2.75, 3.05) is 6.61 Å². The molecule has 2 saturated carbocycles. The standard InChI is InChI=1S/C27H40O2/c1-19(2)8-6-4-5-7-17-29-21-10-12-22-20(18-21)9-11-24-23(22)15-16-27(3)25(24)13-14-26(27)28/h10,12,18-19,23-25H,4-9,11,13-17H2,1-3H3/t23-,24-,25+,27+/m1/s1. The van der Waals surface area contributed by atoms with Crippen molar-refractivity contribution in [1.82, 2.24) is 0 Å². The first-order valence-corrected chi connectivity index (χ1v) is 12.3. The number of Topliss-reactive ketones (excluding diaryl/α,β-unsaturated/α-hetero) is 1. The molecule has 2 fully saturated rings. The molecule has 2 heteroatoms. The van der Waals surface area contributed by atoms with E-state index in [1.807, 2.05) is 0 Å². The van der Waals surface area contributed by atoms with E-state index in [0.717, 1.165) is 50.4 Å². The van der Waals surface area contributed by atoms with Gasteiger partial charge in [-0.25, -0.2) is 0 Å². The summed E-state index contributed by atoms with van der Waals surface area (Å²) in [7, 11) is 0. The maximum absolute atomic E-state index is 12.5. The summed E-state index contributed by atoms with van der Waals surface area (Å²) in [6, 6.07) is 6.87. The molecule has 29 heavy (non-hydrogen) atoms. The predicted octanol–water partition coefficient (Wildman–Crippen LogP) is 7.10. The minimum absolute atomic E-state index is 0.0170. The third kappa shape index (κ3) is 4.28. The van der Waals surface area contributed by atoms with Gasteiger partial charge in [0.2, 0.25) is 0 Å². The lowest BCUT2D eigenvalue weighted by Gasteiger charge is -2.48. The molecule has 0 saturated heterocycles. The van der Waals surface area contributed by atoms with Crippen LogP contribution in [0, 0.1) is 23.2 Å². The van der Waals surface area contributed by atoms with Crippen LogP contribution in [-0.4, -0.2) is 12.4 Å². The van der Waals surface area contributed by atoms with Crippen LogP contribution in [0.2, 0.25) is 0 Å². The molecule has 0 amide bonds. The van der Waals surface area contributed by atoms with Crippen molar-refractivity contribution in [3.05, 3.63) is 29.3 Å². The number of rotatable bonds is 8. The molecule has 1 aromatic rings. The smallest absolute Gasteiger partial charge is 0.139 e. The monoisotopic (exact) mass is 396 g/mol. The van der Waals surface area contributed by atoms with Crippen molar-refractivity contribution >= 4 is 5.78 Å². The van der Waals surface area contributed by atoms with E-state index in [4.69, 9.17) is 4.74 Å². The zero-order valence-electron chi connectivity index (χ0n) is 18.8. The van der Waals surface area contributed by atoms with E-state index in [1.54, 1.807) is 5.56 Å². The Hall–Kier alpha value is -1.31. The second-order valence-electron chi connectivity index (χ2n) is 10.6. The third-order valence-electron chi connectivity index (χ3n) is 8.35. The van der Waals surface area contributed by atoms with Gasteiger partial charge in [-0.05, 0) is 85.5 Å². The molecule has 3 aliphatic carbocycles. The number of hydrogen-bond donors (Lipinski definition) is 0. The van der Waals surface area contributed by atoms with Gasteiger partial charge in [0.1, 0.15) is 11.5 Å². The highest BCUT2D eigenvalue weighted by atomic mass is 16.5. The number of benzene rings is 1. The molecule has 0 unspecified atom stereocenters. The van der Waals surface area contributed by atoms with Gasteiger partial charge >= 0.3 is 0 Å². The SMILES string of the molecule is CC(C)CCCCCCOc1ccc2c(c1)CC[C@@H]1[C@@H]2CC[C@]2(C)C(=O)CC[C@@H]12. The van der Waals surface area contributed by atoms with E-state index in [0.29, 0.717) is 23.5 Å². The second-order valence-corrected chi connectivity index (χ2v) is 10.6. The van der Waals surface area contributed by atoms with Crippen molar-refractivity contribution in [3.63, 3.8) is 0 Å². The summed E-state index contributed by atoms with van der Waals surface area (Å²) in [6.45, 7) is 7.72. The first-order valence-electron chi connectivity index (χ1n) is 12.3. The number of aryl methyl sites for hydroxylation is 1. The summed E-state index contributed by atoms with van der Waals surface area (Å²) >= 11 is 0. The van der Waals surface area contributed by atoms with Gasteiger partial charge in [-0.1, -0.05) is 52.5 Å². The second kappa shape index (κ2) is 8.82. The first-order chi connectivity index (χ1) is 14.0. The number of carbonyl (C=O) groups is 1. The number of ketones is 1. The zero-order chi connectivity index (χ0) is 20.4. The van der Waals surface area contributed by atoms with E-state index in [2.05, 4.69) is 39.0 Å². The molecule has 0 heterocycles. The van der Waals surface area contributed by atoms with Crippen molar-refractivity contribution in [3.8, 4) is 5.75 Å². The summed E-state index contributed by atoms with van der Waals surface area (Å²) in [5.41, 5.74) is 3.05. The molecule has 4 atom stereocenters. The quantitative estimate of drug-likeness (QED) is 0.438. The summed E-state index contributed by atoms with van der Waals surface area (Å²) < 4.78 is 6.09. The van der Waals surface area contributed by atoms with Crippen LogP contribution in [0.15, 0.2) is 18.2 Å². The molecule has 2 nitrogen and oxygen atoms in total. The van der Waals surface area contributed by atoms with Crippen molar-refractivity contribution in [1.29, 1.82) is 0 Å². The highest BCUT2D eigenvalue weighted by molar-refractivity contribution is 5.87. The average Bonchev–Trinajstić information content (AvgIpc) is 3.01. The molecule has 160 valence electrons. The summed E-state index contributed by atoms with van der Waals surface area (Å²) in [5.74, 6) is 4.42. The van der Waals surface area contributed by atoms with Gasteiger partial charge in [0.05, 0.1) is 6.61 Å². The molecular weight excluding hydrogens is 356 g/mol. The van der Waals surface area contributed by atoms with Crippen LogP contribution in [-0.2, 0) is 11.2 Å². The number of ether oxygens (including phenoxy) is 1. The lowest BCUT2D eigenvalue weighted by molar-refractivity contribution is -0.129. The molecule has 0 aliphatic heterocycles. The summed E-state index contributed by atoms with van der Waals surface area (Å²) in [4.78, 5) is 12.5. The summed E-state index contributed by atoms with van der Waals surface area (Å²) in [5, 5.41) is 0. The molecule has 0 radical (unpaired) electrons. The zero-order valence-corrected chi connectivity index (χ0v) is 18.8. The largest absolute Gasteiger partial charge is 0.494 e. The minimum Gasteiger partial charge on any atom is -0.494 e. The van der Waals surface area contributed by atoms with Crippen LogP contribution < -0.4 is 4.74 Å². The highest BCUT2D eigenvalue weighted by Crippen LogP contribution is 2.59. The van der Waals surface area contributed by atoms with Crippen LogP contribution in [0.25, 0.3) is 0 Å². The van der Waals surface area contributed by atoms with Gasteiger partial charge in [-0.3, -0.25) is 4.79 Å². The van der Waals surface area contributed by atoms with E-state index in [-0.39, 0.29) is 5.41 Å². The van der Waals surface area contributed by atoms with Gasteiger partial charge in [-0.2, -0.15) is 0 Å². The maximum atomic E-state index is 12.5. The van der Waals surface area contributed by atoms with E-state index >= 15 is 0 Å². The molecule has 0 spiro atoms. The van der Waals surface area contributed by atoms with Crippen LogP contribution in [0.4, 0.5) is 0 Å². The van der Waals surface area contributed by atoms with Gasteiger partial charge in [0, 0.05) is 11.8 Å². The normalized spacial score (nSPS) is 30.8. The average molecular weight is 397 g/mol. The lowest BCUT2D eigenvalue weighted by atomic mass is 9.55. The molecular formula is C27H40O2. The van der Waals surface area contributed by atoms with Crippen LogP contribution in [0.3, 0.4) is 0 Å². The Morgan fingerprint density at radius 2 is 1.90 bits per heavy atom. The van der Waals surface area contributed by atoms with Gasteiger partial charge in [0.25, 0.3) is 0 Å². The van der Waals surface area contributed by atoms with Crippen LogP contribution in [0.5, 0.6) is 5.75 Å². The predicted molar refractivity (Wildman–Crippen MR) is 119 cm³/mol. The van der Waals surface area contributed by atoms with Gasteiger partial charge < -0.3 is 4.74 Å². The Labute approximate surface area is 177 Å². The fourth-order valence-corrected chi connectivity index (χ4v) is 6.62. The molecule has 1 aromatic carbocycles.